The fourth-order valence-electron chi connectivity index (χ4n) is 4.59. The maximum atomic E-state index is 13.5. The Kier molecular flexibility index (Phi) is 5.74. The Morgan fingerprint density at radius 2 is 1.97 bits per heavy atom. The smallest absolute Gasteiger partial charge is 0.341 e. The van der Waals surface area contributed by atoms with Crippen molar-refractivity contribution in [2.75, 3.05) is 13.2 Å². The van der Waals surface area contributed by atoms with Gasteiger partial charge in [0.25, 0.3) is 0 Å². The number of carbonyl (C=O) groups is 2. The van der Waals surface area contributed by atoms with E-state index in [9.17, 15) is 9.59 Å². The average molecular weight is 428 g/mol. The fourth-order valence-corrected chi connectivity index (χ4v) is 4.77. The van der Waals surface area contributed by atoms with Crippen molar-refractivity contribution in [1.82, 2.24) is 4.90 Å². The Balaban J connectivity index is 1.76. The summed E-state index contributed by atoms with van der Waals surface area (Å²) < 4.78 is 5.59. The summed E-state index contributed by atoms with van der Waals surface area (Å²) in [5, 5.41) is 9.60. The number of carboxylic acids is 1. The predicted octanol–water partition coefficient (Wildman–Crippen LogP) is 4.57. The zero-order chi connectivity index (χ0) is 21.4. The third-order valence-corrected chi connectivity index (χ3v) is 6.43. The number of benzene rings is 2. The van der Waals surface area contributed by atoms with Crippen LogP contribution >= 0.6 is 11.6 Å². The molecule has 158 valence electrons. The molecule has 1 saturated carbocycles. The molecule has 1 aliphatic heterocycles. The molecule has 2 aromatic rings. The topological polar surface area (TPSA) is 66.8 Å². The van der Waals surface area contributed by atoms with Gasteiger partial charge >= 0.3 is 5.97 Å². The number of aliphatic carboxylic acids is 1. The number of rotatable bonds is 6. The minimum Gasteiger partial charge on any atom is -0.482 e. The van der Waals surface area contributed by atoms with Gasteiger partial charge in [-0.3, -0.25) is 4.79 Å². The Bertz CT molecular complexity index is 973. The van der Waals surface area contributed by atoms with Crippen molar-refractivity contribution in [2.24, 2.45) is 17.8 Å². The number of amides is 1. The lowest BCUT2D eigenvalue weighted by molar-refractivity contribution is -0.139. The van der Waals surface area contributed by atoms with Gasteiger partial charge in [-0.15, -0.1) is 0 Å². The van der Waals surface area contributed by atoms with Gasteiger partial charge in [-0.25, -0.2) is 4.79 Å². The molecule has 1 fully saturated rings. The number of carboxylic acid groups (broad SMARTS) is 1. The van der Waals surface area contributed by atoms with E-state index >= 15 is 0 Å². The van der Waals surface area contributed by atoms with Gasteiger partial charge in [0.05, 0.1) is 6.04 Å². The van der Waals surface area contributed by atoms with Crippen molar-refractivity contribution in [3.8, 4) is 5.75 Å². The molecule has 2 aliphatic rings. The van der Waals surface area contributed by atoms with Crippen LogP contribution in [0, 0.1) is 17.8 Å². The summed E-state index contributed by atoms with van der Waals surface area (Å²) >= 11 is 6.32. The van der Waals surface area contributed by atoms with Gasteiger partial charge in [0.2, 0.25) is 5.91 Å². The third kappa shape index (κ3) is 4.04. The zero-order valence-electron chi connectivity index (χ0n) is 17.2. The second kappa shape index (κ2) is 8.31. The molecule has 1 amide bonds. The van der Waals surface area contributed by atoms with Crippen LogP contribution in [0.1, 0.15) is 43.0 Å². The predicted molar refractivity (Wildman–Crippen MR) is 115 cm³/mol. The van der Waals surface area contributed by atoms with Crippen molar-refractivity contribution in [2.45, 2.75) is 32.7 Å². The van der Waals surface area contributed by atoms with E-state index in [4.69, 9.17) is 21.4 Å². The van der Waals surface area contributed by atoms with Crippen molar-refractivity contribution >= 4 is 23.5 Å². The maximum absolute atomic E-state index is 13.5. The molecule has 1 aliphatic carbocycles. The molecule has 6 heteroatoms. The summed E-state index contributed by atoms with van der Waals surface area (Å²) in [6.07, 6.45) is 1.72. The van der Waals surface area contributed by atoms with Gasteiger partial charge in [-0.05, 0) is 54.0 Å². The number of carbonyl (C=O) groups excluding carboxylic acids is 1. The fraction of sp³-hybridized carbons (Fsp3) is 0.417. The third-order valence-electron chi connectivity index (χ3n) is 6.20. The lowest BCUT2D eigenvalue weighted by atomic mass is 9.87. The molecular weight excluding hydrogens is 402 g/mol. The summed E-state index contributed by atoms with van der Waals surface area (Å²) in [6.45, 7) is 4.49. The Morgan fingerprint density at radius 1 is 1.20 bits per heavy atom. The van der Waals surface area contributed by atoms with Crippen molar-refractivity contribution < 1.29 is 19.4 Å². The van der Waals surface area contributed by atoms with E-state index < -0.39 is 12.6 Å². The number of ether oxygens (including phenoxy) is 1. The quantitative estimate of drug-likeness (QED) is 0.733. The number of halogens is 1. The monoisotopic (exact) mass is 427 g/mol. The Hall–Kier alpha value is -2.53. The molecule has 1 heterocycles. The van der Waals surface area contributed by atoms with Gasteiger partial charge in [0, 0.05) is 23.0 Å². The summed E-state index contributed by atoms with van der Waals surface area (Å²) in [6, 6.07) is 12.9. The van der Waals surface area contributed by atoms with E-state index in [1.54, 1.807) is 18.2 Å². The highest BCUT2D eigenvalue weighted by molar-refractivity contribution is 6.30. The maximum Gasteiger partial charge on any atom is 0.341 e. The van der Waals surface area contributed by atoms with E-state index in [2.05, 4.69) is 19.9 Å². The number of hydrogen-bond acceptors (Lipinski definition) is 3. The van der Waals surface area contributed by atoms with E-state index in [0.717, 1.165) is 24.0 Å². The van der Waals surface area contributed by atoms with Crippen LogP contribution in [-0.4, -0.2) is 35.0 Å². The summed E-state index contributed by atoms with van der Waals surface area (Å²) in [5.41, 5.74) is 2.96. The van der Waals surface area contributed by atoms with Gasteiger partial charge < -0.3 is 14.7 Å². The first kappa shape index (κ1) is 20.7. The Labute approximate surface area is 181 Å². The highest BCUT2D eigenvalue weighted by Gasteiger charge is 2.48. The van der Waals surface area contributed by atoms with Gasteiger partial charge in [0.15, 0.2) is 6.61 Å². The largest absolute Gasteiger partial charge is 0.482 e. The van der Waals surface area contributed by atoms with Crippen LogP contribution in [0.5, 0.6) is 5.75 Å². The number of fused-ring (bicyclic) bond motifs is 1. The van der Waals surface area contributed by atoms with Crippen LogP contribution in [-0.2, 0) is 16.0 Å². The molecule has 0 saturated heterocycles. The molecular formula is C24H26ClNO4. The van der Waals surface area contributed by atoms with Crippen LogP contribution in [0.4, 0.5) is 0 Å². The first-order valence-corrected chi connectivity index (χ1v) is 10.8. The number of nitrogens with zero attached hydrogens (tertiary/aromatic N) is 1. The molecule has 1 N–H and O–H groups in total. The molecule has 2 aromatic carbocycles. The van der Waals surface area contributed by atoms with Gasteiger partial charge in [-0.1, -0.05) is 49.7 Å². The molecule has 0 bridgehead atoms. The molecule has 3 atom stereocenters. The Morgan fingerprint density at radius 3 is 2.67 bits per heavy atom. The molecule has 0 spiro atoms. The lowest BCUT2D eigenvalue weighted by Gasteiger charge is -2.38. The molecule has 4 rings (SSSR count). The minimum absolute atomic E-state index is 0.0559. The van der Waals surface area contributed by atoms with Gasteiger partial charge in [0.1, 0.15) is 5.75 Å². The normalized spacial score (nSPS) is 22.5. The molecule has 30 heavy (non-hydrogen) atoms. The average Bonchev–Trinajstić information content (AvgIpc) is 3.52. The summed E-state index contributed by atoms with van der Waals surface area (Å²) in [7, 11) is 0. The molecule has 5 nitrogen and oxygen atoms in total. The SMILES string of the molecule is CC(C)[C@@H]1C[C@H]1C(=O)N1CCc2ccccc2[C@H]1c1cc(Cl)ccc1OCC(=O)O. The van der Waals surface area contributed by atoms with Crippen LogP contribution in [0.2, 0.25) is 5.02 Å². The van der Waals surface area contributed by atoms with Crippen LogP contribution in [0.25, 0.3) is 0 Å². The van der Waals surface area contributed by atoms with Gasteiger partial charge in [-0.2, -0.15) is 0 Å². The number of hydrogen-bond donors (Lipinski definition) is 1. The summed E-state index contributed by atoms with van der Waals surface area (Å²) in [5.74, 6) is 0.522. The second-order valence-corrected chi connectivity index (χ2v) is 8.93. The van der Waals surface area contributed by atoms with Crippen molar-refractivity contribution in [3.05, 3.63) is 64.2 Å². The lowest BCUT2D eigenvalue weighted by Crippen LogP contribution is -2.42. The van der Waals surface area contributed by atoms with Crippen LogP contribution in [0.3, 0.4) is 0 Å². The minimum atomic E-state index is -1.05. The molecule has 0 aromatic heterocycles. The van der Waals surface area contributed by atoms with E-state index in [1.807, 2.05) is 23.1 Å². The van der Waals surface area contributed by atoms with E-state index in [0.29, 0.717) is 29.2 Å². The standard InChI is InChI=1S/C24H26ClNO4/c1-14(2)18-12-19(18)24(29)26-10-9-15-5-3-4-6-17(15)23(26)20-11-16(25)7-8-21(20)30-13-22(27)28/h3-8,11,14,18-19,23H,9-10,12-13H2,1-2H3,(H,27,28)/t18-,19+,23-/m0/s1. The van der Waals surface area contributed by atoms with Crippen LogP contribution < -0.4 is 4.74 Å². The molecule has 0 unspecified atom stereocenters. The highest BCUT2D eigenvalue weighted by Crippen LogP contribution is 2.48. The zero-order valence-corrected chi connectivity index (χ0v) is 17.9. The van der Waals surface area contributed by atoms with Crippen LogP contribution in [0.15, 0.2) is 42.5 Å². The molecule has 0 radical (unpaired) electrons. The summed E-state index contributed by atoms with van der Waals surface area (Å²) in [4.78, 5) is 26.5. The first-order valence-electron chi connectivity index (χ1n) is 10.4. The highest BCUT2D eigenvalue weighted by atomic mass is 35.5. The van der Waals surface area contributed by atoms with E-state index in [-0.39, 0.29) is 17.9 Å². The first-order chi connectivity index (χ1) is 14.4. The van der Waals surface area contributed by atoms with Crippen molar-refractivity contribution in [1.29, 1.82) is 0 Å². The van der Waals surface area contributed by atoms with Crippen molar-refractivity contribution in [3.63, 3.8) is 0 Å². The second-order valence-electron chi connectivity index (χ2n) is 8.50. The van der Waals surface area contributed by atoms with E-state index in [1.165, 1.54) is 5.56 Å².